The fourth-order valence-electron chi connectivity index (χ4n) is 2.52. The molecule has 3 rings (SSSR count). The third-order valence-corrected chi connectivity index (χ3v) is 3.67. The number of rotatable bonds is 3. The maximum absolute atomic E-state index is 12.0. The normalized spacial score (nSPS) is 10.7. The van der Waals surface area contributed by atoms with E-state index in [4.69, 9.17) is 5.11 Å². The van der Waals surface area contributed by atoms with Gasteiger partial charge in [-0.3, -0.25) is 0 Å². The molecule has 6 heteroatoms. The summed E-state index contributed by atoms with van der Waals surface area (Å²) in [4.78, 5) is 11.0. The van der Waals surface area contributed by atoms with Crippen molar-refractivity contribution in [3.05, 3.63) is 71.3 Å². The van der Waals surface area contributed by atoms with E-state index in [1.54, 1.807) is 17.6 Å². The van der Waals surface area contributed by atoms with Gasteiger partial charge in [0.25, 0.3) is 6.33 Å². The number of nitrogens with zero attached hydrogens (tertiary/aromatic N) is 2. The Balaban J connectivity index is 2.20. The van der Waals surface area contributed by atoms with E-state index in [2.05, 4.69) is 0 Å². The molecule has 1 aromatic heterocycles. The van der Waals surface area contributed by atoms with Gasteiger partial charge in [0.15, 0.2) is 11.4 Å². The molecular formula is C17H14N2O4. The van der Waals surface area contributed by atoms with Gasteiger partial charge in [-0.2, -0.15) is 4.57 Å². The number of carboxylic acid groups (broad SMARTS) is 1. The number of carboxylic acids is 1. The SMILES string of the molecule is Cc1c(-c2ccccc2)n(-c2ccc(C(=O)O)c(O)c2)c[n+]1[O-]. The van der Waals surface area contributed by atoms with E-state index in [1.165, 1.54) is 18.5 Å². The van der Waals surface area contributed by atoms with E-state index < -0.39 is 5.97 Å². The van der Waals surface area contributed by atoms with Crippen molar-refractivity contribution in [2.45, 2.75) is 6.92 Å². The van der Waals surface area contributed by atoms with Crippen LogP contribution in [0.15, 0.2) is 54.9 Å². The molecular weight excluding hydrogens is 296 g/mol. The van der Waals surface area contributed by atoms with Crippen LogP contribution in [0.2, 0.25) is 0 Å². The van der Waals surface area contributed by atoms with Gasteiger partial charge in [0.2, 0.25) is 0 Å². The number of imidazole rings is 1. The molecule has 0 atom stereocenters. The Kier molecular flexibility index (Phi) is 3.50. The highest BCUT2D eigenvalue weighted by molar-refractivity contribution is 5.91. The Labute approximate surface area is 132 Å². The number of aromatic nitrogens is 2. The molecule has 0 bridgehead atoms. The van der Waals surface area contributed by atoms with Gasteiger partial charge >= 0.3 is 5.97 Å². The molecule has 0 amide bonds. The summed E-state index contributed by atoms with van der Waals surface area (Å²) in [6.07, 6.45) is 1.35. The Morgan fingerprint density at radius 1 is 1.17 bits per heavy atom. The zero-order valence-corrected chi connectivity index (χ0v) is 12.3. The number of carbonyl (C=O) groups is 1. The molecule has 0 saturated heterocycles. The lowest BCUT2D eigenvalue weighted by molar-refractivity contribution is -0.610. The van der Waals surface area contributed by atoms with E-state index in [0.29, 0.717) is 17.1 Å². The summed E-state index contributed by atoms with van der Waals surface area (Å²) >= 11 is 0. The topological polar surface area (TPSA) is 89.4 Å². The molecule has 0 aliphatic carbocycles. The highest BCUT2D eigenvalue weighted by atomic mass is 16.5. The third-order valence-electron chi connectivity index (χ3n) is 3.67. The smallest absolute Gasteiger partial charge is 0.339 e. The summed E-state index contributed by atoms with van der Waals surface area (Å²) in [5.74, 6) is -1.56. The second kappa shape index (κ2) is 5.49. The first kappa shape index (κ1) is 14.6. The van der Waals surface area contributed by atoms with Crippen LogP contribution < -0.4 is 4.73 Å². The van der Waals surface area contributed by atoms with E-state index in [9.17, 15) is 15.1 Å². The van der Waals surface area contributed by atoms with E-state index in [0.717, 1.165) is 10.3 Å². The van der Waals surface area contributed by atoms with Crippen LogP contribution in [-0.4, -0.2) is 20.7 Å². The van der Waals surface area contributed by atoms with Crippen molar-refractivity contribution >= 4 is 5.97 Å². The molecule has 3 aromatic rings. The van der Waals surface area contributed by atoms with Crippen molar-refractivity contribution in [2.75, 3.05) is 0 Å². The first-order valence-corrected chi connectivity index (χ1v) is 6.92. The van der Waals surface area contributed by atoms with Crippen LogP contribution in [-0.2, 0) is 0 Å². The van der Waals surface area contributed by atoms with Gasteiger partial charge in [0, 0.05) is 18.6 Å². The lowest BCUT2D eigenvalue weighted by atomic mass is 10.1. The number of hydrogen-bond acceptors (Lipinski definition) is 3. The first-order valence-electron chi connectivity index (χ1n) is 6.92. The molecule has 0 aliphatic heterocycles. The summed E-state index contributed by atoms with van der Waals surface area (Å²) in [7, 11) is 0. The monoisotopic (exact) mass is 310 g/mol. The van der Waals surface area contributed by atoms with Gasteiger partial charge in [-0.05, 0) is 12.1 Å². The zero-order valence-electron chi connectivity index (χ0n) is 12.3. The predicted molar refractivity (Wildman–Crippen MR) is 83.5 cm³/mol. The standard InChI is InChI=1S/C17H14N2O4/c1-11-16(12-5-3-2-4-6-12)18(10-19(11)23)13-7-8-14(17(21)22)15(20)9-13/h2-10,20H,1H3,(H,21,22). The van der Waals surface area contributed by atoms with E-state index in [1.807, 2.05) is 30.3 Å². The van der Waals surface area contributed by atoms with Crippen LogP contribution in [0.5, 0.6) is 5.75 Å². The van der Waals surface area contributed by atoms with Crippen molar-refractivity contribution in [2.24, 2.45) is 0 Å². The number of aromatic carboxylic acids is 1. The summed E-state index contributed by atoms with van der Waals surface area (Å²) in [6.45, 7) is 1.71. The molecule has 6 nitrogen and oxygen atoms in total. The second-order valence-corrected chi connectivity index (χ2v) is 5.12. The molecule has 0 radical (unpaired) electrons. The largest absolute Gasteiger partial charge is 0.711 e. The number of aromatic hydroxyl groups is 1. The Hall–Kier alpha value is -3.28. The Bertz CT molecular complexity index is 885. The van der Waals surface area contributed by atoms with Gasteiger partial charge in [0.1, 0.15) is 17.0 Å². The van der Waals surface area contributed by atoms with Crippen LogP contribution in [0.4, 0.5) is 0 Å². The fraction of sp³-hybridized carbons (Fsp3) is 0.0588. The van der Waals surface area contributed by atoms with E-state index in [-0.39, 0.29) is 11.3 Å². The minimum atomic E-state index is -1.21. The molecule has 2 N–H and O–H groups in total. The Morgan fingerprint density at radius 3 is 2.48 bits per heavy atom. The maximum atomic E-state index is 12.0. The van der Waals surface area contributed by atoms with Crippen molar-refractivity contribution in [1.82, 2.24) is 4.57 Å². The highest BCUT2D eigenvalue weighted by Gasteiger charge is 2.21. The summed E-state index contributed by atoms with van der Waals surface area (Å²) < 4.78 is 2.37. The molecule has 2 aromatic carbocycles. The second-order valence-electron chi connectivity index (χ2n) is 5.12. The first-order chi connectivity index (χ1) is 11.0. The molecule has 116 valence electrons. The molecule has 0 fully saturated rings. The summed E-state index contributed by atoms with van der Waals surface area (Å²) in [5.41, 5.74) is 2.36. The minimum Gasteiger partial charge on any atom is -0.711 e. The van der Waals surface area contributed by atoms with Gasteiger partial charge in [-0.25, -0.2) is 9.52 Å². The number of benzene rings is 2. The van der Waals surface area contributed by atoms with Crippen LogP contribution in [0, 0.1) is 12.1 Å². The molecule has 0 aliphatic rings. The molecule has 0 saturated carbocycles. The molecule has 0 spiro atoms. The van der Waals surface area contributed by atoms with Crippen LogP contribution in [0.25, 0.3) is 16.9 Å². The summed E-state index contributed by atoms with van der Waals surface area (Å²) in [5, 5.41) is 30.9. The maximum Gasteiger partial charge on any atom is 0.339 e. The predicted octanol–water partition coefficient (Wildman–Crippen LogP) is 2.49. The van der Waals surface area contributed by atoms with Gasteiger partial charge in [0.05, 0.1) is 0 Å². The number of hydrogen-bond donors (Lipinski definition) is 2. The van der Waals surface area contributed by atoms with Crippen molar-refractivity contribution in [3.63, 3.8) is 0 Å². The van der Waals surface area contributed by atoms with Crippen LogP contribution in [0.1, 0.15) is 16.1 Å². The molecule has 1 heterocycles. The lowest BCUT2D eigenvalue weighted by Crippen LogP contribution is -2.26. The molecule has 23 heavy (non-hydrogen) atoms. The van der Waals surface area contributed by atoms with Gasteiger partial charge < -0.3 is 15.4 Å². The molecule has 0 unspecified atom stereocenters. The lowest BCUT2D eigenvalue weighted by Gasteiger charge is -2.05. The quantitative estimate of drug-likeness (QED) is 0.574. The zero-order chi connectivity index (χ0) is 16.6. The van der Waals surface area contributed by atoms with Crippen molar-refractivity contribution in [1.29, 1.82) is 0 Å². The summed E-state index contributed by atoms with van der Waals surface area (Å²) in [6, 6.07) is 13.6. The average Bonchev–Trinajstić information content (AvgIpc) is 2.83. The van der Waals surface area contributed by atoms with Crippen LogP contribution >= 0.6 is 0 Å². The van der Waals surface area contributed by atoms with Crippen molar-refractivity contribution < 1.29 is 19.7 Å². The van der Waals surface area contributed by atoms with Gasteiger partial charge in [-0.1, -0.05) is 30.3 Å². The van der Waals surface area contributed by atoms with E-state index >= 15 is 0 Å². The third kappa shape index (κ3) is 2.50. The highest BCUT2D eigenvalue weighted by Crippen LogP contribution is 2.28. The van der Waals surface area contributed by atoms with Crippen molar-refractivity contribution in [3.8, 4) is 22.7 Å². The average molecular weight is 310 g/mol. The minimum absolute atomic E-state index is 0.186. The number of phenols is 1. The van der Waals surface area contributed by atoms with Gasteiger partial charge in [-0.15, -0.1) is 0 Å². The van der Waals surface area contributed by atoms with Crippen LogP contribution in [0.3, 0.4) is 0 Å². The Morgan fingerprint density at radius 2 is 1.87 bits per heavy atom. The fourth-order valence-corrected chi connectivity index (χ4v) is 2.52.